The first-order chi connectivity index (χ1) is 9.32. The number of hydrogen-bond acceptors (Lipinski definition) is 3. The van der Waals surface area contributed by atoms with Gasteiger partial charge in [0.1, 0.15) is 11.5 Å². The van der Waals surface area contributed by atoms with E-state index >= 15 is 0 Å². The summed E-state index contributed by atoms with van der Waals surface area (Å²) in [5.74, 6) is 1.94. The minimum Gasteiger partial charge on any atom is -0.497 e. The maximum absolute atomic E-state index is 5.58. The van der Waals surface area contributed by atoms with E-state index < -0.39 is 0 Å². The average Bonchev–Trinajstić information content (AvgIpc) is 3.02. The van der Waals surface area contributed by atoms with Crippen molar-refractivity contribution in [3.8, 4) is 5.75 Å². The Morgan fingerprint density at radius 3 is 2.89 bits per heavy atom. The van der Waals surface area contributed by atoms with E-state index in [4.69, 9.17) is 9.15 Å². The van der Waals surface area contributed by atoms with Crippen LogP contribution in [0.25, 0.3) is 0 Å². The van der Waals surface area contributed by atoms with Crippen LogP contribution in [-0.4, -0.2) is 13.7 Å². The summed E-state index contributed by atoms with van der Waals surface area (Å²) in [7, 11) is 1.73. The van der Waals surface area contributed by atoms with Gasteiger partial charge in [-0.1, -0.05) is 6.07 Å². The highest BCUT2D eigenvalue weighted by molar-refractivity contribution is 5.49. The van der Waals surface area contributed by atoms with Gasteiger partial charge in [0, 0.05) is 12.0 Å². The van der Waals surface area contributed by atoms with Crippen molar-refractivity contribution in [2.45, 2.75) is 24.3 Å². The van der Waals surface area contributed by atoms with Crippen molar-refractivity contribution in [2.75, 3.05) is 13.7 Å². The van der Waals surface area contributed by atoms with Crippen LogP contribution in [0.5, 0.6) is 5.75 Å². The van der Waals surface area contributed by atoms with E-state index in [-0.39, 0.29) is 6.04 Å². The molecule has 1 N–H and O–H groups in total. The fraction of sp³-hybridized carbons (Fsp3) is 0.375. The number of nitrogens with one attached hydrogen (secondary N) is 1. The van der Waals surface area contributed by atoms with Crippen LogP contribution in [0.3, 0.4) is 0 Å². The van der Waals surface area contributed by atoms with Crippen LogP contribution in [-0.2, 0) is 5.41 Å². The van der Waals surface area contributed by atoms with Crippen LogP contribution in [0.1, 0.15) is 35.8 Å². The zero-order valence-electron chi connectivity index (χ0n) is 11.0. The minimum absolute atomic E-state index is 0.169. The van der Waals surface area contributed by atoms with Gasteiger partial charge in [-0.15, -0.1) is 0 Å². The van der Waals surface area contributed by atoms with Gasteiger partial charge in [0.25, 0.3) is 0 Å². The molecule has 0 amide bonds. The van der Waals surface area contributed by atoms with Crippen molar-refractivity contribution >= 4 is 0 Å². The molecular formula is C16H17NO2. The minimum atomic E-state index is 0.169. The number of benzene rings is 1. The first-order valence-electron chi connectivity index (χ1n) is 6.78. The summed E-state index contributed by atoms with van der Waals surface area (Å²) in [4.78, 5) is 0. The van der Waals surface area contributed by atoms with E-state index in [0.29, 0.717) is 5.41 Å². The number of ether oxygens (including phenoxy) is 1. The molecule has 1 saturated carbocycles. The zero-order valence-corrected chi connectivity index (χ0v) is 11.0. The van der Waals surface area contributed by atoms with Crippen LogP contribution < -0.4 is 10.1 Å². The maximum Gasteiger partial charge on any atom is 0.125 e. The zero-order chi connectivity index (χ0) is 12.9. The lowest BCUT2D eigenvalue weighted by molar-refractivity contribution is 0.397. The molecule has 1 fully saturated rings. The van der Waals surface area contributed by atoms with Crippen LogP contribution in [0.4, 0.5) is 0 Å². The first-order valence-corrected chi connectivity index (χ1v) is 6.78. The summed E-state index contributed by atoms with van der Waals surface area (Å²) in [6, 6.07) is 10.6. The monoisotopic (exact) mass is 255 g/mol. The Labute approximate surface area is 112 Å². The van der Waals surface area contributed by atoms with E-state index in [1.807, 2.05) is 18.2 Å². The van der Waals surface area contributed by atoms with E-state index in [9.17, 15) is 0 Å². The summed E-state index contributed by atoms with van der Waals surface area (Å²) in [5.41, 5.74) is 3.11. The van der Waals surface area contributed by atoms with Gasteiger partial charge < -0.3 is 14.5 Å². The second kappa shape index (κ2) is 3.87. The summed E-state index contributed by atoms with van der Waals surface area (Å²) >= 11 is 0. The Bertz CT molecular complexity index is 599. The average molecular weight is 255 g/mol. The first kappa shape index (κ1) is 11.1. The van der Waals surface area contributed by atoms with Crippen molar-refractivity contribution in [1.29, 1.82) is 0 Å². The van der Waals surface area contributed by atoms with Crippen molar-refractivity contribution in [2.24, 2.45) is 0 Å². The van der Waals surface area contributed by atoms with Gasteiger partial charge in [0.05, 0.1) is 19.4 Å². The molecule has 1 aliphatic heterocycles. The second-order valence-electron chi connectivity index (χ2n) is 5.56. The smallest absolute Gasteiger partial charge is 0.125 e. The van der Waals surface area contributed by atoms with Crippen molar-refractivity contribution in [3.63, 3.8) is 0 Å². The summed E-state index contributed by atoms with van der Waals surface area (Å²) in [6.07, 6.45) is 4.28. The number of methoxy groups -OCH3 is 1. The summed E-state index contributed by atoms with van der Waals surface area (Å²) in [6.45, 7) is 1.03. The molecule has 3 nitrogen and oxygen atoms in total. The molecule has 19 heavy (non-hydrogen) atoms. The Balaban J connectivity index is 1.84. The second-order valence-corrected chi connectivity index (χ2v) is 5.56. The predicted molar refractivity (Wildman–Crippen MR) is 72.5 cm³/mol. The standard InChI is InChI=1S/C16H17NO2/c1-18-11-4-5-12-13(9-11)16(6-7-16)10-17-15(12)14-3-2-8-19-14/h2-5,8-9,15,17H,6-7,10H2,1H3. The number of fused-ring (bicyclic) bond motifs is 2. The quantitative estimate of drug-likeness (QED) is 0.895. The third-order valence-corrected chi connectivity index (χ3v) is 4.47. The molecule has 2 heterocycles. The molecule has 0 bridgehead atoms. The SMILES string of the molecule is COc1ccc2c(c1)C1(CC1)CNC2c1ccco1. The molecule has 2 aromatic rings. The molecule has 4 rings (SSSR count). The van der Waals surface area contributed by atoms with Crippen LogP contribution in [0.2, 0.25) is 0 Å². The molecule has 1 aliphatic carbocycles. The Kier molecular flexibility index (Phi) is 2.27. The molecule has 98 valence electrons. The van der Waals surface area contributed by atoms with E-state index in [0.717, 1.165) is 18.1 Å². The van der Waals surface area contributed by atoms with Gasteiger partial charge >= 0.3 is 0 Å². The normalized spacial score (nSPS) is 23.1. The van der Waals surface area contributed by atoms with Crippen LogP contribution >= 0.6 is 0 Å². The maximum atomic E-state index is 5.58. The highest BCUT2D eigenvalue weighted by atomic mass is 16.5. The van der Waals surface area contributed by atoms with E-state index in [1.165, 1.54) is 24.0 Å². The fourth-order valence-corrected chi connectivity index (χ4v) is 3.18. The molecule has 0 saturated heterocycles. The molecule has 1 aromatic carbocycles. The highest BCUT2D eigenvalue weighted by Gasteiger charge is 2.49. The lowest BCUT2D eigenvalue weighted by Crippen LogP contribution is -2.37. The molecule has 0 radical (unpaired) electrons. The molecule has 1 spiro atoms. The topological polar surface area (TPSA) is 34.4 Å². The van der Waals surface area contributed by atoms with Gasteiger partial charge in [-0.25, -0.2) is 0 Å². The van der Waals surface area contributed by atoms with Crippen molar-refractivity contribution < 1.29 is 9.15 Å². The van der Waals surface area contributed by atoms with Gasteiger partial charge in [-0.3, -0.25) is 0 Å². The van der Waals surface area contributed by atoms with E-state index in [2.05, 4.69) is 17.4 Å². The van der Waals surface area contributed by atoms with Crippen molar-refractivity contribution in [1.82, 2.24) is 5.32 Å². The Morgan fingerprint density at radius 1 is 1.32 bits per heavy atom. The van der Waals surface area contributed by atoms with Gasteiger partial charge in [0.2, 0.25) is 0 Å². The third kappa shape index (κ3) is 1.61. The fourth-order valence-electron chi connectivity index (χ4n) is 3.18. The van der Waals surface area contributed by atoms with Gasteiger partial charge in [-0.05, 0) is 48.2 Å². The molecule has 2 aliphatic rings. The molecule has 3 heteroatoms. The van der Waals surface area contributed by atoms with Crippen LogP contribution in [0.15, 0.2) is 41.0 Å². The lowest BCUT2D eigenvalue weighted by atomic mass is 9.83. The van der Waals surface area contributed by atoms with Crippen molar-refractivity contribution in [3.05, 3.63) is 53.5 Å². The summed E-state index contributed by atoms with van der Waals surface area (Å²) in [5, 5.41) is 3.63. The predicted octanol–water partition coefficient (Wildman–Crippen LogP) is 3.01. The highest BCUT2D eigenvalue weighted by Crippen LogP contribution is 2.53. The summed E-state index contributed by atoms with van der Waals surface area (Å²) < 4.78 is 11.0. The van der Waals surface area contributed by atoms with E-state index in [1.54, 1.807) is 13.4 Å². The van der Waals surface area contributed by atoms with Crippen LogP contribution in [0, 0.1) is 0 Å². The van der Waals surface area contributed by atoms with Gasteiger partial charge in [0.15, 0.2) is 0 Å². The Morgan fingerprint density at radius 2 is 2.21 bits per heavy atom. The lowest BCUT2D eigenvalue weighted by Gasteiger charge is -2.32. The number of furan rings is 1. The largest absolute Gasteiger partial charge is 0.497 e. The molecular weight excluding hydrogens is 238 g/mol. The number of hydrogen-bond donors (Lipinski definition) is 1. The third-order valence-electron chi connectivity index (χ3n) is 4.47. The molecule has 1 unspecified atom stereocenters. The molecule has 1 aromatic heterocycles. The Hall–Kier alpha value is -1.74. The van der Waals surface area contributed by atoms with Gasteiger partial charge in [-0.2, -0.15) is 0 Å². The molecule has 1 atom stereocenters. The number of rotatable bonds is 2.